The zero-order valence-electron chi connectivity index (χ0n) is 16.9. The number of ether oxygens (including phenoxy) is 1. The maximum atomic E-state index is 13.5. The summed E-state index contributed by atoms with van der Waals surface area (Å²) in [7, 11) is 0. The number of fused-ring (bicyclic) bond motifs is 1. The fourth-order valence-electron chi connectivity index (χ4n) is 4.58. The van der Waals surface area contributed by atoms with Crippen LogP contribution in [0.3, 0.4) is 0 Å². The smallest absolute Gasteiger partial charge is 0.410 e. The summed E-state index contributed by atoms with van der Waals surface area (Å²) < 4.78 is 32.4. The van der Waals surface area contributed by atoms with Gasteiger partial charge in [0.25, 0.3) is 0 Å². The van der Waals surface area contributed by atoms with Crippen LogP contribution in [-0.4, -0.2) is 46.4 Å². The van der Waals surface area contributed by atoms with Crippen LogP contribution in [0.1, 0.15) is 36.0 Å². The van der Waals surface area contributed by atoms with E-state index in [4.69, 9.17) is 4.74 Å². The van der Waals surface area contributed by atoms with E-state index < -0.39 is 17.6 Å². The number of nitrogens with one attached hydrogen (secondary N) is 1. The number of amides is 1. The number of benzene rings is 2. The molecule has 1 saturated heterocycles. The lowest BCUT2D eigenvalue weighted by molar-refractivity contribution is -0.0910. The quantitative estimate of drug-likeness (QED) is 0.569. The Morgan fingerprint density at radius 1 is 1.03 bits per heavy atom. The van der Waals surface area contributed by atoms with Gasteiger partial charge in [-0.3, -0.25) is 9.69 Å². The molecule has 0 atom stereocenters. The highest BCUT2D eigenvalue weighted by Gasteiger charge is 2.51. The van der Waals surface area contributed by atoms with Crippen molar-refractivity contribution in [2.24, 2.45) is 0 Å². The summed E-state index contributed by atoms with van der Waals surface area (Å²) in [5.41, 5.74) is 2.70. The van der Waals surface area contributed by atoms with Crippen molar-refractivity contribution < 1.29 is 23.1 Å². The monoisotopic (exact) mass is 424 g/mol. The highest BCUT2D eigenvalue weighted by Crippen LogP contribution is 2.43. The molecule has 1 spiro atoms. The second-order valence-corrected chi connectivity index (χ2v) is 8.51. The highest BCUT2D eigenvalue weighted by molar-refractivity contribution is 6.00. The molecule has 7 heteroatoms. The molecule has 160 valence electrons. The molecule has 2 aromatic carbocycles. The average Bonchev–Trinajstić information content (AvgIpc) is 3.35. The van der Waals surface area contributed by atoms with Crippen molar-refractivity contribution in [2.75, 3.05) is 13.1 Å². The highest BCUT2D eigenvalue weighted by atomic mass is 19.3. The van der Waals surface area contributed by atoms with Crippen LogP contribution in [0.15, 0.2) is 54.7 Å². The number of ketones is 1. The molecule has 2 aliphatic rings. The number of carbonyl (C=O) groups is 2. The van der Waals surface area contributed by atoms with E-state index in [9.17, 15) is 18.4 Å². The molecule has 1 N–H and O–H groups in total. The van der Waals surface area contributed by atoms with Gasteiger partial charge in [-0.05, 0) is 36.1 Å². The van der Waals surface area contributed by atoms with Crippen LogP contribution >= 0.6 is 0 Å². The van der Waals surface area contributed by atoms with Crippen LogP contribution < -0.4 is 0 Å². The van der Waals surface area contributed by atoms with Gasteiger partial charge in [-0.15, -0.1) is 0 Å². The molecule has 0 radical (unpaired) electrons. The van der Waals surface area contributed by atoms with E-state index in [2.05, 4.69) is 4.98 Å². The fourth-order valence-corrected chi connectivity index (χ4v) is 4.58. The lowest BCUT2D eigenvalue weighted by atomic mass is 9.82. The minimum Gasteiger partial charge on any atom is -0.441 e. The number of hydrogen-bond donors (Lipinski definition) is 1. The summed E-state index contributed by atoms with van der Waals surface area (Å²) in [6.45, 7) is 0.0605. The Bertz CT molecular complexity index is 1140. The van der Waals surface area contributed by atoms with E-state index in [0.717, 1.165) is 22.0 Å². The van der Waals surface area contributed by atoms with Crippen molar-refractivity contribution in [1.82, 2.24) is 9.88 Å². The summed E-state index contributed by atoms with van der Waals surface area (Å²) in [5.74, 6) is -2.91. The molecule has 2 fully saturated rings. The Morgan fingerprint density at radius 2 is 1.77 bits per heavy atom. The molecule has 31 heavy (non-hydrogen) atoms. The minimum atomic E-state index is -2.70. The van der Waals surface area contributed by atoms with Crippen molar-refractivity contribution in [3.63, 3.8) is 0 Å². The number of aromatic amines is 1. The van der Waals surface area contributed by atoms with Gasteiger partial charge in [-0.2, -0.15) is 0 Å². The molecule has 1 aromatic heterocycles. The predicted molar refractivity (Wildman–Crippen MR) is 112 cm³/mol. The molecule has 3 aromatic rings. The first-order valence-electron chi connectivity index (χ1n) is 10.4. The predicted octanol–water partition coefficient (Wildman–Crippen LogP) is 5.42. The average molecular weight is 424 g/mol. The Labute approximate surface area is 178 Å². The number of alkyl halides is 2. The molecule has 5 rings (SSSR count). The molecule has 5 nitrogen and oxygen atoms in total. The topological polar surface area (TPSA) is 62.4 Å². The Kier molecular flexibility index (Phi) is 4.57. The molecule has 0 bridgehead atoms. The standard InChI is InChI=1S/C24H22F2N2O3/c25-24(26)11-9-23(10-12-24)15-28(22(30)31-23)14-21(29)17-6-4-16(5-7-17)18-2-1-3-20-19(18)8-13-27-20/h1-8,13,27H,9-12,14-15H2. The number of carbonyl (C=O) groups excluding carboxylic acids is 2. The molecular weight excluding hydrogens is 402 g/mol. The van der Waals surface area contributed by atoms with Gasteiger partial charge in [-0.1, -0.05) is 36.4 Å². The van der Waals surface area contributed by atoms with Crippen LogP contribution in [0.4, 0.5) is 13.6 Å². The van der Waals surface area contributed by atoms with Gasteiger partial charge in [0.15, 0.2) is 5.78 Å². The van der Waals surface area contributed by atoms with E-state index in [1.54, 1.807) is 12.1 Å². The largest absolute Gasteiger partial charge is 0.441 e. The third-order valence-electron chi connectivity index (χ3n) is 6.38. The summed E-state index contributed by atoms with van der Waals surface area (Å²) in [4.78, 5) is 29.6. The number of hydrogen-bond acceptors (Lipinski definition) is 3. The molecule has 1 aliphatic heterocycles. The van der Waals surface area contributed by atoms with Crippen molar-refractivity contribution in [3.05, 3.63) is 60.3 Å². The van der Waals surface area contributed by atoms with Crippen molar-refractivity contribution >= 4 is 22.8 Å². The maximum absolute atomic E-state index is 13.5. The number of aromatic nitrogens is 1. The number of Topliss-reactive ketones (excluding diaryl/α,β-unsaturated/α-hetero) is 1. The Morgan fingerprint density at radius 3 is 2.52 bits per heavy atom. The summed E-state index contributed by atoms with van der Waals surface area (Å²) >= 11 is 0. The van der Waals surface area contributed by atoms with E-state index >= 15 is 0 Å². The van der Waals surface area contributed by atoms with Gasteiger partial charge >= 0.3 is 6.09 Å². The first kappa shape index (κ1) is 19.7. The zero-order valence-corrected chi connectivity index (χ0v) is 16.9. The summed E-state index contributed by atoms with van der Waals surface area (Å²) in [6, 6.07) is 15.3. The van der Waals surface area contributed by atoms with Crippen LogP contribution in [0, 0.1) is 0 Å². The number of nitrogens with zero attached hydrogens (tertiary/aromatic N) is 1. The van der Waals surface area contributed by atoms with E-state index in [1.165, 1.54) is 4.90 Å². The fraction of sp³-hybridized carbons (Fsp3) is 0.333. The molecule has 2 heterocycles. The second kappa shape index (κ2) is 7.18. The normalized spacial score (nSPS) is 19.7. The molecule has 0 unspecified atom stereocenters. The molecule has 1 saturated carbocycles. The van der Waals surface area contributed by atoms with Gasteiger partial charge in [0, 0.05) is 35.5 Å². The summed E-state index contributed by atoms with van der Waals surface area (Å²) in [5, 5.41) is 1.10. The number of halogens is 2. The van der Waals surface area contributed by atoms with Gasteiger partial charge in [-0.25, -0.2) is 13.6 Å². The third kappa shape index (κ3) is 3.69. The van der Waals surface area contributed by atoms with Gasteiger partial charge < -0.3 is 9.72 Å². The molecular formula is C24H22F2N2O3. The Hall–Kier alpha value is -3.22. The van der Waals surface area contributed by atoms with Crippen molar-refractivity contribution in [3.8, 4) is 11.1 Å². The van der Waals surface area contributed by atoms with Crippen LogP contribution in [0.5, 0.6) is 0 Å². The number of rotatable bonds is 4. The second-order valence-electron chi connectivity index (χ2n) is 8.51. The summed E-state index contributed by atoms with van der Waals surface area (Å²) in [6.07, 6.45) is 0.941. The Balaban J connectivity index is 1.28. The van der Waals surface area contributed by atoms with Crippen LogP contribution in [0.2, 0.25) is 0 Å². The van der Waals surface area contributed by atoms with Crippen LogP contribution in [0.25, 0.3) is 22.0 Å². The van der Waals surface area contributed by atoms with Crippen LogP contribution in [-0.2, 0) is 4.74 Å². The maximum Gasteiger partial charge on any atom is 0.410 e. The van der Waals surface area contributed by atoms with E-state index in [0.29, 0.717) is 5.56 Å². The lowest BCUT2D eigenvalue weighted by Crippen LogP contribution is -2.42. The van der Waals surface area contributed by atoms with E-state index in [-0.39, 0.29) is 44.6 Å². The zero-order chi connectivity index (χ0) is 21.6. The SMILES string of the molecule is O=C(CN1CC2(CCC(F)(F)CC2)OC1=O)c1ccc(-c2cccc3[nH]ccc23)cc1. The first-order valence-corrected chi connectivity index (χ1v) is 10.4. The van der Waals surface area contributed by atoms with Crippen molar-refractivity contribution in [2.45, 2.75) is 37.2 Å². The molecule has 1 aliphatic carbocycles. The van der Waals surface area contributed by atoms with Gasteiger partial charge in [0.1, 0.15) is 5.60 Å². The first-order chi connectivity index (χ1) is 14.8. The third-order valence-corrected chi connectivity index (χ3v) is 6.38. The molecule has 1 amide bonds. The van der Waals surface area contributed by atoms with E-state index in [1.807, 2.05) is 42.6 Å². The van der Waals surface area contributed by atoms with Gasteiger partial charge in [0.2, 0.25) is 5.92 Å². The van der Waals surface area contributed by atoms with Crippen molar-refractivity contribution in [1.29, 1.82) is 0 Å². The minimum absolute atomic E-state index is 0.121. The number of H-pyrrole nitrogens is 1. The van der Waals surface area contributed by atoms with Gasteiger partial charge in [0.05, 0.1) is 13.1 Å². The lowest BCUT2D eigenvalue weighted by Gasteiger charge is -2.34.